The lowest BCUT2D eigenvalue weighted by Crippen LogP contribution is -2.43. The van der Waals surface area contributed by atoms with E-state index in [1.54, 1.807) is 18.1 Å². The highest BCUT2D eigenvalue weighted by molar-refractivity contribution is 7.20. The van der Waals surface area contributed by atoms with Crippen molar-refractivity contribution in [1.82, 2.24) is 25.4 Å². The zero-order valence-electron chi connectivity index (χ0n) is 21.2. The number of piperazine rings is 1. The molecule has 0 unspecified atom stereocenters. The van der Waals surface area contributed by atoms with Crippen molar-refractivity contribution in [1.29, 1.82) is 0 Å². The van der Waals surface area contributed by atoms with Crippen LogP contribution in [0.3, 0.4) is 0 Å². The minimum Gasteiger partial charge on any atom is -0.306 e. The summed E-state index contributed by atoms with van der Waals surface area (Å²) in [6.07, 6.45) is 0. The fourth-order valence-electron chi connectivity index (χ4n) is 4.32. The largest absolute Gasteiger partial charge is 0.306 e. The van der Waals surface area contributed by atoms with Crippen molar-refractivity contribution in [2.45, 2.75) is 13.5 Å². The molecular formula is C27H31N7O2S. The highest BCUT2D eigenvalue weighted by Crippen LogP contribution is 2.29. The fourth-order valence-corrected chi connectivity index (χ4v) is 5.20. The van der Waals surface area contributed by atoms with E-state index in [1.165, 1.54) is 11.3 Å². The van der Waals surface area contributed by atoms with Crippen LogP contribution in [-0.4, -0.2) is 72.1 Å². The lowest BCUT2D eigenvalue weighted by molar-refractivity contribution is 0.0954. The van der Waals surface area contributed by atoms with E-state index < -0.39 is 0 Å². The summed E-state index contributed by atoms with van der Waals surface area (Å²) in [5.41, 5.74) is 6.61. The van der Waals surface area contributed by atoms with Crippen molar-refractivity contribution in [3.63, 3.8) is 0 Å². The Hall–Kier alpha value is -3.73. The number of fused-ring (bicyclic) bond motifs is 1. The number of aromatic nitrogens is 2. The molecule has 2 aromatic carbocycles. The average Bonchev–Trinajstić information content (AvgIpc) is 3.48. The Bertz CT molecular complexity index is 1400. The van der Waals surface area contributed by atoms with Crippen molar-refractivity contribution in [3.8, 4) is 0 Å². The summed E-state index contributed by atoms with van der Waals surface area (Å²) in [6.45, 7) is 6.99. The van der Waals surface area contributed by atoms with E-state index in [-0.39, 0.29) is 11.8 Å². The van der Waals surface area contributed by atoms with Crippen LogP contribution >= 0.6 is 11.3 Å². The summed E-state index contributed by atoms with van der Waals surface area (Å²) in [4.78, 5) is 31.8. The summed E-state index contributed by atoms with van der Waals surface area (Å²) in [6, 6.07) is 17.4. The maximum Gasteiger partial charge on any atom is 0.279 e. The number of carbonyl (C=O) groups excluding carboxylic acids is 2. The third kappa shape index (κ3) is 5.82. The van der Waals surface area contributed by atoms with Crippen molar-refractivity contribution >= 4 is 44.9 Å². The quantitative estimate of drug-likeness (QED) is 0.324. The molecular weight excluding hydrogens is 486 g/mol. The van der Waals surface area contributed by atoms with E-state index >= 15 is 0 Å². The van der Waals surface area contributed by atoms with Gasteiger partial charge < -0.3 is 10.2 Å². The Morgan fingerprint density at radius 3 is 2.57 bits per heavy atom. The van der Waals surface area contributed by atoms with E-state index in [2.05, 4.69) is 43.9 Å². The second kappa shape index (κ2) is 10.7. The number of aryl methyl sites for hydroxylation is 1. The molecule has 1 aliphatic rings. The molecule has 5 rings (SSSR count). The number of anilines is 2. The Balaban J connectivity index is 1.24. The average molecular weight is 518 g/mol. The first-order chi connectivity index (χ1) is 17.9. The van der Waals surface area contributed by atoms with Crippen LogP contribution in [0.2, 0.25) is 0 Å². The maximum absolute atomic E-state index is 13.0. The van der Waals surface area contributed by atoms with E-state index in [4.69, 9.17) is 0 Å². The number of H-pyrrole nitrogens is 1. The Kier molecular flexibility index (Phi) is 7.22. The van der Waals surface area contributed by atoms with E-state index in [0.717, 1.165) is 49.5 Å². The molecule has 0 bridgehead atoms. The first-order valence-electron chi connectivity index (χ1n) is 12.3. The molecule has 0 aliphatic carbocycles. The highest BCUT2D eigenvalue weighted by Gasteiger charge is 2.19. The molecule has 2 amide bonds. The number of likely N-dealkylation sites (N-methyl/N-ethyl adjacent to an activating group) is 1. The molecule has 0 spiro atoms. The second-order valence-corrected chi connectivity index (χ2v) is 10.5. The summed E-state index contributed by atoms with van der Waals surface area (Å²) in [5.74, 6) is 0.0219. The molecule has 2 aromatic heterocycles. The Labute approximate surface area is 220 Å². The van der Waals surface area contributed by atoms with E-state index in [9.17, 15) is 9.59 Å². The van der Waals surface area contributed by atoms with Crippen molar-refractivity contribution in [2.75, 3.05) is 50.6 Å². The van der Waals surface area contributed by atoms with Crippen LogP contribution < -0.4 is 15.8 Å². The van der Waals surface area contributed by atoms with Crippen LogP contribution in [0.15, 0.2) is 54.6 Å². The SMILES string of the molecule is Cc1ccc(N(C)NC(=O)c2cc3c(NC(=O)c4cccc(CN5CCN(C)CC5)c4)[nH]nc3s2)cc1. The lowest BCUT2D eigenvalue weighted by atomic mass is 10.1. The van der Waals surface area contributed by atoms with Gasteiger partial charge in [0.1, 0.15) is 10.6 Å². The van der Waals surface area contributed by atoms with Gasteiger partial charge in [0, 0.05) is 45.3 Å². The molecule has 9 nitrogen and oxygen atoms in total. The molecule has 1 aliphatic heterocycles. The Morgan fingerprint density at radius 2 is 1.81 bits per heavy atom. The minimum absolute atomic E-state index is 0.220. The highest BCUT2D eigenvalue weighted by atomic mass is 32.1. The molecule has 0 atom stereocenters. The zero-order valence-corrected chi connectivity index (χ0v) is 22.1. The zero-order chi connectivity index (χ0) is 25.9. The molecule has 1 saturated heterocycles. The van der Waals surface area contributed by atoms with E-state index in [0.29, 0.717) is 26.5 Å². The number of hydrazine groups is 1. The third-order valence-corrected chi connectivity index (χ3v) is 7.62. The number of rotatable bonds is 7. The monoisotopic (exact) mass is 517 g/mol. The predicted molar refractivity (Wildman–Crippen MR) is 148 cm³/mol. The van der Waals surface area contributed by atoms with Gasteiger partial charge in [0.2, 0.25) is 0 Å². The van der Waals surface area contributed by atoms with Gasteiger partial charge in [-0.1, -0.05) is 29.8 Å². The van der Waals surface area contributed by atoms with E-state index in [1.807, 2.05) is 49.4 Å². The second-order valence-electron chi connectivity index (χ2n) is 9.50. The van der Waals surface area contributed by atoms with Gasteiger partial charge in [0.25, 0.3) is 11.8 Å². The molecule has 10 heteroatoms. The van der Waals surface area contributed by atoms with Crippen LogP contribution in [0.25, 0.3) is 10.2 Å². The number of aromatic amines is 1. The summed E-state index contributed by atoms with van der Waals surface area (Å²) >= 11 is 1.27. The normalized spacial score (nSPS) is 14.6. The number of hydrogen-bond donors (Lipinski definition) is 3. The van der Waals surface area contributed by atoms with Gasteiger partial charge in [0.05, 0.1) is 16.0 Å². The summed E-state index contributed by atoms with van der Waals surface area (Å²) in [7, 11) is 3.94. The summed E-state index contributed by atoms with van der Waals surface area (Å²) in [5, 5.41) is 12.5. The third-order valence-electron chi connectivity index (χ3n) is 6.60. The number of nitrogens with one attached hydrogen (secondary N) is 3. The number of amides is 2. The van der Waals surface area contributed by atoms with Gasteiger partial charge in [-0.05, 0) is 49.9 Å². The van der Waals surface area contributed by atoms with Gasteiger partial charge in [-0.25, -0.2) is 0 Å². The van der Waals surface area contributed by atoms with Crippen molar-refractivity contribution in [2.24, 2.45) is 0 Å². The van der Waals surface area contributed by atoms with Crippen LogP contribution in [0.5, 0.6) is 0 Å². The number of nitrogens with zero attached hydrogens (tertiary/aromatic N) is 4. The number of benzene rings is 2. The molecule has 192 valence electrons. The molecule has 1 fully saturated rings. The van der Waals surface area contributed by atoms with Gasteiger partial charge in [-0.2, -0.15) is 5.10 Å². The van der Waals surface area contributed by atoms with Gasteiger partial charge in [0.15, 0.2) is 0 Å². The smallest absolute Gasteiger partial charge is 0.279 e. The predicted octanol–water partition coefficient (Wildman–Crippen LogP) is 3.71. The van der Waals surface area contributed by atoms with Crippen molar-refractivity contribution < 1.29 is 9.59 Å². The molecule has 4 aromatic rings. The molecule has 37 heavy (non-hydrogen) atoms. The van der Waals surface area contributed by atoms with Gasteiger partial charge in [-0.3, -0.25) is 30.0 Å². The summed E-state index contributed by atoms with van der Waals surface area (Å²) < 4.78 is 0. The van der Waals surface area contributed by atoms with Crippen LogP contribution in [0.4, 0.5) is 11.5 Å². The number of hydrogen-bond acceptors (Lipinski definition) is 7. The number of carbonyl (C=O) groups is 2. The Morgan fingerprint density at radius 1 is 1.05 bits per heavy atom. The van der Waals surface area contributed by atoms with Crippen LogP contribution in [0.1, 0.15) is 31.2 Å². The lowest BCUT2D eigenvalue weighted by Gasteiger charge is -2.32. The topological polar surface area (TPSA) is 96.6 Å². The van der Waals surface area contributed by atoms with Gasteiger partial charge >= 0.3 is 0 Å². The standard InChI is InChI=1S/C27H31N7O2S/c1-18-7-9-21(10-8-18)33(3)31-26(36)23-16-22-24(29-30-27(22)37-23)28-25(35)20-6-4-5-19(15-20)17-34-13-11-32(2)12-14-34/h4-10,15-16H,11-14,17H2,1-3H3,(H,31,36)(H2,28,29,30,35). The minimum atomic E-state index is -0.236. The van der Waals surface area contributed by atoms with Crippen molar-refractivity contribution in [3.05, 3.63) is 76.2 Å². The van der Waals surface area contributed by atoms with Gasteiger partial charge in [-0.15, -0.1) is 11.3 Å². The molecule has 0 saturated carbocycles. The fraction of sp³-hybridized carbons (Fsp3) is 0.296. The van der Waals surface area contributed by atoms with Crippen LogP contribution in [-0.2, 0) is 6.54 Å². The number of thiophene rings is 1. The molecule has 0 radical (unpaired) electrons. The van der Waals surface area contributed by atoms with Crippen LogP contribution in [0, 0.1) is 6.92 Å². The first kappa shape index (κ1) is 24.9. The first-order valence-corrected chi connectivity index (χ1v) is 13.1. The maximum atomic E-state index is 13.0. The molecule has 3 N–H and O–H groups in total. The molecule has 3 heterocycles.